The number of pyridine rings is 1. The summed E-state index contributed by atoms with van der Waals surface area (Å²) in [6, 6.07) is 1.79. The number of aromatic nitrogens is 1. The summed E-state index contributed by atoms with van der Waals surface area (Å²) in [6.07, 6.45) is 3.59. The van der Waals surface area contributed by atoms with Crippen molar-refractivity contribution in [1.82, 2.24) is 15.2 Å². The molecule has 106 valence electrons. The molecule has 2 rings (SSSR count). The molecular weight excluding hydrogens is 276 g/mol. The smallest absolute Gasteiger partial charge is 0.263 e. The van der Waals surface area contributed by atoms with Gasteiger partial charge in [-0.25, -0.2) is 0 Å². The van der Waals surface area contributed by atoms with Gasteiger partial charge in [0.25, 0.3) is 5.91 Å². The quantitative estimate of drug-likeness (QED) is 0.883. The van der Waals surface area contributed by atoms with E-state index in [1.165, 1.54) is 16.2 Å². The third kappa shape index (κ3) is 2.88. The molecule has 0 unspecified atom stereocenters. The molecule has 2 aromatic heterocycles. The second kappa shape index (κ2) is 5.87. The maximum atomic E-state index is 12.1. The van der Waals surface area contributed by atoms with Crippen molar-refractivity contribution >= 4 is 38.9 Å². The fourth-order valence-corrected chi connectivity index (χ4v) is 2.73. The first-order chi connectivity index (χ1) is 9.50. The maximum absolute atomic E-state index is 12.1. The average Bonchev–Trinajstić information content (AvgIpc) is 2.76. The minimum atomic E-state index is -0.254. The highest BCUT2D eigenvalue weighted by Crippen LogP contribution is 2.32. The summed E-state index contributed by atoms with van der Waals surface area (Å²) in [7, 11) is 3.36. The Labute approximate surface area is 120 Å². The third-order valence-corrected chi connectivity index (χ3v) is 4.02. The van der Waals surface area contributed by atoms with E-state index in [9.17, 15) is 9.59 Å². The number of carbonyl (C=O) groups is 2. The van der Waals surface area contributed by atoms with Crippen LogP contribution >= 0.6 is 11.3 Å². The number of hydrogen-bond donors (Lipinski definition) is 2. The van der Waals surface area contributed by atoms with Crippen molar-refractivity contribution in [3.8, 4) is 0 Å². The molecule has 6 nitrogen and oxygen atoms in total. The van der Waals surface area contributed by atoms with Gasteiger partial charge in [-0.05, 0) is 6.07 Å². The average molecular weight is 292 g/mol. The number of thiophene rings is 1. The zero-order valence-corrected chi connectivity index (χ0v) is 12.2. The summed E-state index contributed by atoms with van der Waals surface area (Å²) in [5.74, 6) is -0.283. The molecule has 2 amide bonds. The molecule has 0 radical (unpaired) electrons. The van der Waals surface area contributed by atoms with E-state index in [1.807, 2.05) is 0 Å². The van der Waals surface area contributed by atoms with Gasteiger partial charge in [-0.15, -0.1) is 11.3 Å². The van der Waals surface area contributed by atoms with E-state index in [0.717, 1.165) is 10.1 Å². The zero-order valence-electron chi connectivity index (χ0n) is 11.3. The molecular formula is C13H16N4O2S. The van der Waals surface area contributed by atoms with Gasteiger partial charge in [-0.2, -0.15) is 0 Å². The lowest BCUT2D eigenvalue weighted by Gasteiger charge is -2.10. The lowest BCUT2D eigenvalue weighted by atomic mass is 10.2. The van der Waals surface area contributed by atoms with Crippen LogP contribution in [0.3, 0.4) is 0 Å². The number of hydrogen-bond acceptors (Lipinski definition) is 5. The Morgan fingerprint density at radius 1 is 1.45 bits per heavy atom. The first kappa shape index (κ1) is 14.3. The minimum absolute atomic E-state index is 0.0289. The van der Waals surface area contributed by atoms with E-state index in [2.05, 4.69) is 10.3 Å². The Kier molecular flexibility index (Phi) is 4.19. The Balaban J connectivity index is 2.05. The number of nitrogens with two attached hydrogens (primary N) is 1. The van der Waals surface area contributed by atoms with Crippen LogP contribution in [-0.2, 0) is 4.79 Å². The molecule has 0 saturated heterocycles. The molecule has 0 bridgehead atoms. The fourth-order valence-electron chi connectivity index (χ4n) is 1.73. The van der Waals surface area contributed by atoms with Gasteiger partial charge < -0.3 is 16.0 Å². The standard InChI is InChI=1S/C13H16N4O2S/c1-17(2)10(18)4-6-16-13(19)12-11(14)8-3-5-15-7-9(8)20-12/h3,5,7H,4,6,14H2,1-2H3,(H,16,19). The lowest BCUT2D eigenvalue weighted by Crippen LogP contribution is -2.30. The van der Waals surface area contributed by atoms with Gasteiger partial charge in [0.2, 0.25) is 5.91 Å². The van der Waals surface area contributed by atoms with Crippen LogP contribution < -0.4 is 11.1 Å². The molecule has 2 heterocycles. The molecule has 0 spiro atoms. The lowest BCUT2D eigenvalue weighted by molar-refractivity contribution is -0.128. The second-order valence-corrected chi connectivity index (χ2v) is 5.56. The first-order valence-corrected chi connectivity index (χ1v) is 6.92. The molecule has 3 N–H and O–H groups in total. The molecule has 7 heteroatoms. The topological polar surface area (TPSA) is 88.3 Å². The largest absolute Gasteiger partial charge is 0.397 e. The monoisotopic (exact) mass is 292 g/mol. The van der Waals surface area contributed by atoms with Crippen LogP contribution in [0.2, 0.25) is 0 Å². The SMILES string of the molecule is CN(C)C(=O)CCNC(=O)c1sc2cnccc2c1N. The Bertz CT molecular complexity index is 651. The Morgan fingerprint density at radius 3 is 2.85 bits per heavy atom. The molecule has 0 saturated carbocycles. The van der Waals surface area contributed by atoms with Gasteiger partial charge in [-0.1, -0.05) is 0 Å². The van der Waals surface area contributed by atoms with Crippen molar-refractivity contribution in [1.29, 1.82) is 0 Å². The van der Waals surface area contributed by atoms with Gasteiger partial charge >= 0.3 is 0 Å². The summed E-state index contributed by atoms with van der Waals surface area (Å²) in [4.78, 5) is 29.4. The highest BCUT2D eigenvalue weighted by molar-refractivity contribution is 7.21. The van der Waals surface area contributed by atoms with Crippen LogP contribution in [0.4, 0.5) is 5.69 Å². The van der Waals surface area contributed by atoms with Crippen molar-refractivity contribution in [3.05, 3.63) is 23.3 Å². The number of carbonyl (C=O) groups excluding carboxylic acids is 2. The molecule has 0 aliphatic heterocycles. The summed E-state index contributed by atoms with van der Waals surface area (Å²) >= 11 is 1.30. The van der Waals surface area contributed by atoms with Gasteiger partial charge in [-0.3, -0.25) is 14.6 Å². The number of nitrogens with one attached hydrogen (secondary N) is 1. The minimum Gasteiger partial charge on any atom is -0.397 e. The summed E-state index contributed by atoms with van der Waals surface area (Å²) < 4.78 is 0.875. The van der Waals surface area contributed by atoms with Crippen molar-refractivity contribution in [2.45, 2.75) is 6.42 Å². The van der Waals surface area contributed by atoms with Crippen molar-refractivity contribution in [2.24, 2.45) is 0 Å². The van der Waals surface area contributed by atoms with Gasteiger partial charge in [0, 0.05) is 44.8 Å². The van der Waals surface area contributed by atoms with Gasteiger partial charge in [0.05, 0.1) is 10.4 Å². The Hall–Kier alpha value is -2.15. The molecule has 0 atom stereocenters. The Morgan fingerprint density at radius 2 is 2.20 bits per heavy atom. The molecule has 0 fully saturated rings. The molecule has 20 heavy (non-hydrogen) atoms. The van der Waals surface area contributed by atoms with E-state index in [-0.39, 0.29) is 18.2 Å². The van der Waals surface area contributed by atoms with Crippen molar-refractivity contribution in [3.63, 3.8) is 0 Å². The van der Waals surface area contributed by atoms with E-state index in [0.29, 0.717) is 17.1 Å². The molecule has 0 aliphatic rings. The molecule has 0 aromatic carbocycles. The maximum Gasteiger partial charge on any atom is 0.263 e. The van der Waals surface area contributed by atoms with Crippen LogP contribution in [0.15, 0.2) is 18.5 Å². The van der Waals surface area contributed by atoms with Crippen LogP contribution in [0.25, 0.3) is 10.1 Å². The van der Waals surface area contributed by atoms with Crippen LogP contribution in [0.1, 0.15) is 16.1 Å². The van der Waals surface area contributed by atoms with Crippen molar-refractivity contribution < 1.29 is 9.59 Å². The molecule has 2 aromatic rings. The summed E-state index contributed by atoms with van der Waals surface area (Å²) in [6.45, 7) is 0.293. The fraction of sp³-hybridized carbons (Fsp3) is 0.308. The number of nitrogens with zero attached hydrogens (tertiary/aromatic N) is 2. The molecule has 0 aliphatic carbocycles. The van der Waals surface area contributed by atoms with E-state index in [4.69, 9.17) is 5.73 Å². The highest BCUT2D eigenvalue weighted by Gasteiger charge is 2.16. The summed E-state index contributed by atoms with van der Waals surface area (Å²) in [5.41, 5.74) is 6.43. The number of fused-ring (bicyclic) bond motifs is 1. The van der Waals surface area contributed by atoms with Crippen molar-refractivity contribution in [2.75, 3.05) is 26.4 Å². The predicted molar refractivity (Wildman–Crippen MR) is 79.7 cm³/mol. The second-order valence-electron chi connectivity index (χ2n) is 4.51. The zero-order chi connectivity index (χ0) is 14.7. The predicted octanol–water partition coefficient (Wildman–Crippen LogP) is 1.09. The summed E-state index contributed by atoms with van der Waals surface area (Å²) in [5, 5.41) is 3.54. The first-order valence-electron chi connectivity index (χ1n) is 6.11. The van der Waals surface area contributed by atoms with Crippen LogP contribution in [0, 0.1) is 0 Å². The highest BCUT2D eigenvalue weighted by atomic mass is 32.1. The van der Waals surface area contributed by atoms with E-state index >= 15 is 0 Å². The van der Waals surface area contributed by atoms with Gasteiger partial charge in [0.15, 0.2) is 0 Å². The van der Waals surface area contributed by atoms with E-state index in [1.54, 1.807) is 32.6 Å². The van der Waals surface area contributed by atoms with Crippen LogP contribution in [-0.4, -0.2) is 42.3 Å². The van der Waals surface area contributed by atoms with E-state index < -0.39 is 0 Å². The number of anilines is 1. The number of nitrogen functional groups attached to an aromatic ring is 1. The van der Waals surface area contributed by atoms with Crippen LogP contribution in [0.5, 0.6) is 0 Å². The normalized spacial score (nSPS) is 10.5. The third-order valence-electron chi connectivity index (χ3n) is 2.86. The number of rotatable bonds is 4. The number of amides is 2. The van der Waals surface area contributed by atoms with Gasteiger partial charge in [0.1, 0.15) is 4.88 Å².